The van der Waals surface area contributed by atoms with Crippen molar-refractivity contribution >= 4 is 29.9 Å². The van der Waals surface area contributed by atoms with E-state index in [1.54, 1.807) is 0 Å². The molecule has 2 heterocycles. The van der Waals surface area contributed by atoms with Crippen molar-refractivity contribution in [2.75, 3.05) is 52.9 Å². The molecule has 1 aromatic heterocycles. The van der Waals surface area contributed by atoms with Crippen molar-refractivity contribution < 1.29 is 0 Å². The Morgan fingerprint density at radius 1 is 1.19 bits per heavy atom. The van der Waals surface area contributed by atoms with E-state index in [1.165, 1.54) is 0 Å². The summed E-state index contributed by atoms with van der Waals surface area (Å²) in [6, 6.07) is 2.46. The Morgan fingerprint density at radius 3 is 2.52 bits per heavy atom. The molecule has 8 heteroatoms. The van der Waals surface area contributed by atoms with Gasteiger partial charge in [-0.25, -0.2) is 0 Å². The van der Waals surface area contributed by atoms with Crippen molar-refractivity contribution in [3.8, 4) is 0 Å². The zero-order valence-electron chi connectivity index (χ0n) is 17.4. The third kappa shape index (κ3) is 8.78. The highest BCUT2D eigenvalue weighted by Crippen LogP contribution is 2.14. The van der Waals surface area contributed by atoms with Crippen LogP contribution in [-0.4, -0.2) is 84.4 Å². The molecule has 2 rings (SSSR count). The average molecular weight is 491 g/mol. The van der Waals surface area contributed by atoms with Crippen LogP contribution in [0, 0.1) is 5.92 Å². The van der Waals surface area contributed by atoms with E-state index in [4.69, 9.17) is 4.99 Å². The largest absolute Gasteiger partial charge is 0.357 e. The van der Waals surface area contributed by atoms with Gasteiger partial charge in [-0.2, -0.15) is 5.10 Å². The predicted octanol–water partition coefficient (Wildman–Crippen LogP) is 1.72. The first-order valence-corrected chi connectivity index (χ1v) is 10.0. The number of likely N-dealkylation sites (N-methyl/N-ethyl adjacent to an activating group) is 1. The van der Waals surface area contributed by atoms with Crippen LogP contribution >= 0.6 is 24.0 Å². The first-order valence-electron chi connectivity index (χ1n) is 10.0. The van der Waals surface area contributed by atoms with E-state index < -0.39 is 0 Å². The average Bonchev–Trinajstić information content (AvgIpc) is 3.13. The van der Waals surface area contributed by atoms with Crippen LogP contribution in [0.4, 0.5) is 0 Å². The zero-order valence-corrected chi connectivity index (χ0v) is 19.7. The molecule has 156 valence electrons. The third-order valence-electron chi connectivity index (χ3n) is 4.97. The normalized spacial score (nSPS) is 17.6. The fraction of sp³-hybridized carbons (Fsp3) is 0.789. The van der Waals surface area contributed by atoms with Crippen LogP contribution in [0.3, 0.4) is 0 Å². The topological polar surface area (TPSA) is 60.7 Å². The quantitative estimate of drug-likeness (QED) is 0.239. The Morgan fingerprint density at radius 2 is 1.93 bits per heavy atom. The maximum atomic E-state index is 4.88. The van der Waals surface area contributed by atoms with E-state index in [9.17, 15) is 0 Å². The highest BCUT2D eigenvalue weighted by atomic mass is 127. The smallest absolute Gasteiger partial charge is 0.191 e. The molecule has 7 nitrogen and oxygen atoms in total. The fourth-order valence-electron chi connectivity index (χ4n) is 3.31. The lowest BCUT2D eigenvalue weighted by Gasteiger charge is -2.39. The molecule has 0 aliphatic carbocycles. The summed E-state index contributed by atoms with van der Waals surface area (Å²) in [5.74, 6) is 1.53. The Hall–Kier alpha value is -0.870. The second-order valence-electron chi connectivity index (χ2n) is 7.42. The van der Waals surface area contributed by atoms with Crippen LogP contribution in [0.2, 0.25) is 0 Å². The molecule has 1 aromatic rings. The first-order chi connectivity index (χ1) is 12.6. The van der Waals surface area contributed by atoms with Gasteiger partial charge in [0.15, 0.2) is 5.96 Å². The fourth-order valence-corrected chi connectivity index (χ4v) is 3.31. The standard InChI is InChI=1S/C19H37N7.HI/c1-5-20-19(21-8-6-10-26-11-7-9-23-26)22-16-18(17(2)3)25-14-12-24(4)13-15-25;/h7,9,11,17-18H,5-6,8,10,12-16H2,1-4H3,(H2,20,21,22);1H. The van der Waals surface area contributed by atoms with Gasteiger partial charge in [0.1, 0.15) is 0 Å². The first kappa shape index (κ1) is 24.2. The van der Waals surface area contributed by atoms with E-state index in [0.717, 1.165) is 64.7 Å². The molecular formula is C19H38IN7. The molecule has 1 fully saturated rings. The van der Waals surface area contributed by atoms with Gasteiger partial charge in [0.2, 0.25) is 0 Å². The van der Waals surface area contributed by atoms with E-state index in [-0.39, 0.29) is 24.0 Å². The minimum absolute atomic E-state index is 0. The van der Waals surface area contributed by atoms with Gasteiger partial charge < -0.3 is 15.5 Å². The van der Waals surface area contributed by atoms with Crippen molar-refractivity contribution in [2.24, 2.45) is 10.9 Å². The monoisotopic (exact) mass is 491 g/mol. The molecule has 0 amide bonds. The summed E-state index contributed by atoms with van der Waals surface area (Å²) in [6.45, 7) is 14.9. The number of hydrogen-bond donors (Lipinski definition) is 2. The van der Waals surface area contributed by atoms with Crippen molar-refractivity contribution in [2.45, 2.75) is 39.8 Å². The number of aliphatic imine (C=N–C) groups is 1. The molecule has 0 bridgehead atoms. The predicted molar refractivity (Wildman–Crippen MR) is 124 cm³/mol. The van der Waals surface area contributed by atoms with Gasteiger partial charge in [-0.05, 0) is 32.4 Å². The molecule has 1 unspecified atom stereocenters. The highest BCUT2D eigenvalue weighted by molar-refractivity contribution is 14.0. The van der Waals surface area contributed by atoms with Gasteiger partial charge >= 0.3 is 0 Å². The molecule has 0 spiro atoms. The van der Waals surface area contributed by atoms with Crippen LogP contribution in [0.15, 0.2) is 23.5 Å². The number of halogens is 1. The molecule has 2 N–H and O–H groups in total. The van der Waals surface area contributed by atoms with Crippen LogP contribution in [-0.2, 0) is 6.54 Å². The van der Waals surface area contributed by atoms with Crippen molar-refractivity contribution in [1.82, 2.24) is 30.2 Å². The number of nitrogens with zero attached hydrogens (tertiary/aromatic N) is 5. The molecule has 1 saturated heterocycles. The van der Waals surface area contributed by atoms with Gasteiger partial charge in [0.05, 0.1) is 6.54 Å². The summed E-state index contributed by atoms with van der Waals surface area (Å²) >= 11 is 0. The molecule has 0 aromatic carbocycles. The molecule has 0 radical (unpaired) electrons. The van der Waals surface area contributed by atoms with Gasteiger partial charge in [0.25, 0.3) is 0 Å². The van der Waals surface area contributed by atoms with E-state index >= 15 is 0 Å². The molecule has 27 heavy (non-hydrogen) atoms. The lowest BCUT2D eigenvalue weighted by molar-refractivity contribution is 0.0925. The summed E-state index contributed by atoms with van der Waals surface area (Å²) in [5, 5.41) is 11.1. The highest BCUT2D eigenvalue weighted by Gasteiger charge is 2.24. The molecule has 0 saturated carbocycles. The zero-order chi connectivity index (χ0) is 18.8. The number of guanidine groups is 1. The lowest BCUT2D eigenvalue weighted by atomic mass is 10.0. The third-order valence-corrected chi connectivity index (χ3v) is 4.97. The Bertz CT molecular complexity index is 510. The Kier molecular flexibility index (Phi) is 11.9. The summed E-state index contributed by atoms with van der Waals surface area (Å²) in [6.07, 6.45) is 4.85. The second-order valence-corrected chi connectivity index (χ2v) is 7.42. The summed E-state index contributed by atoms with van der Waals surface area (Å²) in [5.41, 5.74) is 0. The number of aromatic nitrogens is 2. The van der Waals surface area contributed by atoms with Gasteiger partial charge in [0, 0.05) is 64.2 Å². The maximum absolute atomic E-state index is 4.88. The summed E-state index contributed by atoms with van der Waals surface area (Å²) in [7, 11) is 2.20. The second kappa shape index (κ2) is 13.3. The summed E-state index contributed by atoms with van der Waals surface area (Å²) < 4.78 is 1.97. The van der Waals surface area contributed by atoms with Gasteiger partial charge in [-0.15, -0.1) is 24.0 Å². The van der Waals surface area contributed by atoms with E-state index in [1.807, 2.05) is 23.1 Å². The van der Waals surface area contributed by atoms with Crippen LogP contribution in [0.1, 0.15) is 27.2 Å². The Labute approximate surface area is 182 Å². The van der Waals surface area contributed by atoms with E-state index in [2.05, 4.69) is 53.4 Å². The van der Waals surface area contributed by atoms with E-state index in [0.29, 0.717) is 12.0 Å². The minimum atomic E-state index is 0. The van der Waals surface area contributed by atoms with Crippen LogP contribution in [0.5, 0.6) is 0 Å². The Balaban J connectivity index is 0.00000364. The van der Waals surface area contributed by atoms with Crippen molar-refractivity contribution in [3.63, 3.8) is 0 Å². The lowest BCUT2D eigenvalue weighted by Crippen LogP contribution is -2.52. The van der Waals surface area contributed by atoms with Crippen LogP contribution in [0.25, 0.3) is 0 Å². The SMILES string of the molecule is CCNC(=NCC(C(C)C)N1CCN(C)CC1)NCCCn1cccn1.I. The molecule has 1 aliphatic rings. The van der Waals surface area contributed by atoms with Gasteiger partial charge in [-0.1, -0.05) is 13.8 Å². The summed E-state index contributed by atoms with van der Waals surface area (Å²) in [4.78, 5) is 9.89. The maximum Gasteiger partial charge on any atom is 0.191 e. The van der Waals surface area contributed by atoms with Gasteiger partial charge in [-0.3, -0.25) is 14.6 Å². The minimum Gasteiger partial charge on any atom is -0.357 e. The number of nitrogens with one attached hydrogen (secondary N) is 2. The number of hydrogen-bond acceptors (Lipinski definition) is 4. The van der Waals surface area contributed by atoms with Crippen molar-refractivity contribution in [3.05, 3.63) is 18.5 Å². The molecule has 1 aliphatic heterocycles. The van der Waals surface area contributed by atoms with Crippen LogP contribution < -0.4 is 10.6 Å². The van der Waals surface area contributed by atoms with Crippen molar-refractivity contribution in [1.29, 1.82) is 0 Å². The number of piperazine rings is 1. The molecular weight excluding hydrogens is 453 g/mol. The molecule has 1 atom stereocenters. The number of rotatable bonds is 9. The number of aryl methyl sites for hydroxylation is 1.